The first-order chi connectivity index (χ1) is 11.4. The molecule has 0 radical (unpaired) electrons. The fourth-order valence-corrected chi connectivity index (χ4v) is 4.06. The van der Waals surface area contributed by atoms with Crippen molar-refractivity contribution in [1.29, 1.82) is 0 Å². The lowest BCUT2D eigenvalue weighted by molar-refractivity contribution is 1.29. The van der Waals surface area contributed by atoms with E-state index in [4.69, 9.17) is 4.98 Å². The molecule has 0 spiro atoms. The van der Waals surface area contributed by atoms with Crippen molar-refractivity contribution in [2.45, 2.75) is 0 Å². The molecule has 0 aliphatic carbocycles. The maximum Gasteiger partial charge on any atom is 0.0979 e. The van der Waals surface area contributed by atoms with E-state index in [2.05, 4.69) is 46.4 Å². The largest absolute Gasteiger partial charge is 0.264 e. The Hall–Kier alpha value is -2.85. The molecule has 0 aliphatic heterocycles. The van der Waals surface area contributed by atoms with E-state index in [9.17, 15) is 0 Å². The minimum atomic E-state index is 0.901. The lowest BCUT2D eigenvalue weighted by Crippen LogP contribution is -1.89. The molecule has 5 aromatic rings. The maximum absolute atomic E-state index is 4.78. The standard InChI is InChI=1S/C19H11N3S/c1-2-4-16-13(3-1)18-17(23-16)8-10-21-19(18)15-6-5-12-11-20-9-7-14(12)22-15/h1-11H. The summed E-state index contributed by atoms with van der Waals surface area (Å²) in [6, 6.07) is 16.6. The number of fused-ring (bicyclic) bond motifs is 4. The van der Waals surface area contributed by atoms with Crippen LogP contribution in [0.25, 0.3) is 42.5 Å². The van der Waals surface area contributed by atoms with Gasteiger partial charge in [-0.3, -0.25) is 9.97 Å². The van der Waals surface area contributed by atoms with Crippen LogP contribution in [0.15, 0.2) is 67.1 Å². The third-order valence-corrected chi connectivity index (χ3v) is 5.16. The Labute approximate surface area is 136 Å². The number of rotatable bonds is 1. The molecule has 0 atom stereocenters. The van der Waals surface area contributed by atoms with Gasteiger partial charge in [-0.1, -0.05) is 18.2 Å². The van der Waals surface area contributed by atoms with Gasteiger partial charge in [0.25, 0.3) is 0 Å². The van der Waals surface area contributed by atoms with Gasteiger partial charge in [-0.15, -0.1) is 11.3 Å². The molecule has 108 valence electrons. The van der Waals surface area contributed by atoms with Gasteiger partial charge in [0.15, 0.2) is 0 Å². The zero-order chi connectivity index (χ0) is 15.2. The quantitative estimate of drug-likeness (QED) is 0.434. The summed E-state index contributed by atoms with van der Waals surface area (Å²) < 4.78 is 2.52. The molecule has 0 fully saturated rings. The highest BCUT2D eigenvalue weighted by Crippen LogP contribution is 2.38. The van der Waals surface area contributed by atoms with Gasteiger partial charge in [-0.25, -0.2) is 4.98 Å². The van der Waals surface area contributed by atoms with Crippen LogP contribution in [-0.4, -0.2) is 15.0 Å². The van der Waals surface area contributed by atoms with Gasteiger partial charge >= 0.3 is 0 Å². The number of pyridine rings is 3. The Bertz CT molecular complexity index is 1180. The Morgan fingerprint density at radius 3 is 2.78 bits per heavy atom. The number of nitrogens with zero attached hydrogens (tertiary/aromatic N) is 3. The van der Waals surface area contributed by atoms with Crippen LogP contribution >= 0.6 is 11.3 Å². The molecule has 0 unspecified atom stereocenters. The van der Waals surface area contributed by atoms with Crippen LogP contribution in [0.4, 0.5) is 0 Å². The van der Waals surface area contributed by atoms with E-state index in [1.54, 1.807) is 17.5 Å². The van der Waals surface area contributed by atoms with E-state index < -0.39 is 0 Å². The highest BCUT2D eigenvalue weighted by atomic mass is 32.1. The summed E-state index contributed by atoms with van der Waals surface area (Å²) in [6.07, 6.45) is 5.47. The van der Waals surface area contributed by atoms with Crippen molar-refractivity contribution in [3.8, 4) is 11.4 Å². The molecule has 3 nitrogen and oxygen atoms in total. The Morgan fingerprint density at radius 2 is 1.78 bits per heavy atom. The van der Waals surface area contributed by atoms with Gasteiger partial charge in [-0.05, 0) is 30.3 Å². The second-order valence-electron chi connectivity index (χ2n) is 5.40. The predicted octanol–water partition coefficient (Wildman–Crippen LogP) is 5.06. The highest BCUT2D eigenvalue weighted by molar-refractivity contribution is 7.25. The molecule has 4 heterocycles. The van der Waals surface area contributed by atoms with Crippen LogP contribution in [0.1, 0.15) is 0 Å². The van der Waals surface area contributed by atoms with E-state index in [-0.39, 0.29) is 0 Å². The van der Waals surface area contributed by atoms with Crippen molar-refractivity contribution in [3.63, 3.8) is 0 Å². The number of thiophene rings is 1. The van der Waals surface area contributed by atoms with E-state index in [1.807, 2.05) is 24.5 Å². The van der Waals surface area contributed by atoms with Crippen molar-refractivity contribution < 1.29 is 0 Å². The molecular formula is C19H11N3S. The third-order valence-electron chi connectivity index (χ3n) is 4.02. The molecule has 0 saturated heterocycles. The maximum atomic E-state index is 4.78. The molecule has 1 aromatic carbocycles. The topological polar surface area (TPSA) is 38.7 Å². The third kappa shape index (κ3) is 1.92. The van der Waals surface area contributed by atoms with Crippen molar-refractivity contribution in [1.82, 2.24) is 15.0 Å². The molecule has 0 aliphatic rings. The molecule has 5 rings (SSSR count). The summed E-state index contributed by atoms with van der Waals surface area (Å²) in [5.74, 6) is 0. The fraction of sp³-hybridized carbons (Fsp3) is 0. The van der Waals surface area contributed by atoms with Crippen molar-refractivity contribution in [3.05, 3.63) is 67.1 Å². The van der Waals surface area contributed by atoms with Crippen LogP contribution in [0.2, 0.25) is 0 Å². The van der Waals surface area contributed by atoms with Crippen molar-refractivity contribution >= 4 is 42.4 Å². The molecule has 4 aromatic heterocycles. The normalized spacial score (nSPS) is 11.5. The minimum Gasteiger partial charge on any atom is -0.264 e. The highest BCUT2D eigenvalue weighted by Gasteiger charge is 2.13. The van der Waals surface area contributed by atoms with E-state index in [0.29, 0.717) is 0 Å². The number of aromatic nitrogens is 3. The van der Waals surface area contributed by atoms with Crippen LogP contribution in [0.5, 0.6) is 0 Å². The molecular weight excluding hydrogens is 302 g/mol. The van der Waals surface area contributed by atoms with Crippen molar-refractivity contribution in [2.75, 3.05) is 0 Å². The monoisotopic (exact) mass is 313 g/mol. The Balaban J connectivity index is 1.87. The Kier molecular flexibility index (Phi) is 2.66. The summed E-state index contributed by atoms with van der Waals surface area (Å²) in [7, 11) is 0. The van der Waals surface area contributed by atoms with Crippen molar-refractivity contribution in [2.24, 2.45) is 0 Å². The minimum absolute atomic E-state index is 0.901. The number of hydrogen-bond donors (Lipinski definition) is 0. The number of hydrogen-bond acceptors (Lipinski definition) is 4. The van der Waals surface area contributed by atoms with Gasteiger partial charge in [0.2, 0.25) is 0 Å². The predicted molar refractivity (Wildman–Crippen MR) is 95.7 cm³/mol. The lowest BCUT2D eigenvalue weighted by Gasteiger charge is -2.04. The molecule has 23 heavy (non-hydrogen) atoms. The Morgan fingerprint density at radius 1 is 0.826 bits per heavy atom. The first-order valence-electron chi connectivity index (χ1n) is 7.37. The zero-order valence-electron chi connectivity index (χ0n) is 12.1. The SMILES string of the molecule is c1ccc2c(c1)sc1ccnc(-c3ccc4cnccc4n3)c12. The van der Waals surface area contributed by atoms with Gasteiger partial charge in [0.1, 0.15) is 0 Å². The first kappa shape index (κ1) is 12.7. The van der Waals surface area contributed by atoms with Crippen LogP contribution in [0, 0.1) is 0 Å². The summed E-state index contributed by atoms with van der Waals surface area (Å²) >= 11 is 1.80. The molecule has 0 saturated carbocycles. The van der Waals surface area contributed by atoms with Gasteiger partial charge in [0, 0.05) is 44.1 Å². The fourth-order valence-electron chi connectivity index (χ4n) is 2.96. The van der Waals surface area contributed by atoms with Crippen LogP contribution in [-0.2, 0) is 0 Å². The van der Waals surface area contributed by atoms with E-state index >= 15 is 0 Å². The molecule has 0 bridgehead atoms. The molecule has 0 amide bonds. The summed E-state index contributed by atoms with van der Waals surface area (Å²) in [5, 5.41) is 3.47. The second-order valence-corrected chi connectivity index (χ2v) is 6.48. The zero-order valence-corrected chi connectivity index (χ0v) is 12.9. The van der Waals surface area contributed by atoms with E-state index in [0.717, 1.165) is 22.3 Å². The summed E-state index contributed by atoms with van der Waals surface area (Å²) in [5.41, 5.74) is 2.78. The van der Waals surface area contributed by atoms with Gasteiger partial charge < -0.3 is 0 Å². The van der Waals surface area contributed by atoms with Gasteiger partial charge in [-0.2, -0.15) is 0 Å². The smallest absolute Gasteiger partial charge is 0.0979 e. The average molecular weight is 313 g/mol. The average Bonchev–Trinajstić information content (AvgIpc) is 3.00. The lowest BCUT2D eigenvalue weighted by atomic mass is 10.1. The molecule has 4 heteroatoms. The van der Waals surface area contributed by atoms with Crippen LogP contribution in [0.3, 0.4) is 0 Å². The summed E-state index contributed by atoms with van der Waals surface area (Å²) in [6.45, 7) is 0. The number of benzene rings is 1. The molecule has 0 N–H and O–H groups in total. The van der Waals surface area contributed by atoms with E-state index in [1.165, 1.54) is 20.2 Å². The van der Waals surface area contributed by atoms with Gasteiger partial charge in [0.05, 0.1) is 16.9 Å². The summed E-state index contributed by atoms with van der Waals surface area (Å²) in [4.78, 5) is 13.6. The first-order valence-corrected chi connectivity index (χ1v) is 8.19. The van der Waals surface area contributed by atoms with Crippen LogP contribution < -0.4 is 0 Å². The second kappa shape index (κ2) is 4.83.